The normalized spacial score (nSPS) is 19.6. The molecule has 2 heterocycles. The molecule has 2 aliphatic rings. The highest BCUT2D eigenvalue weighted by molar-refractivity contribution is 6.34. The van der Waals surface area contributed by atoms with Crippen LogP contribution in [0.25, 0.3) is 0 Å². The first-order chi connectivity index (χ1) is 14.7. The number of amides is 1. The fraction of sp³-hybridized carbons (Fsp3) is 0.391. The molecule has 1 amide bonds. The monoisotopic (exact) mass is 427 g/mol. The van der Waals surface area contributed by atoms with Gasteiger partial charge in [-0.15, -0.1) is 0 Å². The Labute approximate surface area is 182 Å². The summed E-state index contributed by atoms with van der Waals surface area (Å²) in [4.78, 5) is 15.3. The lowest BCUT2D eigenvalue weighted by atomic mass is 9.98. The molecule has 6 nitrogen and oxygen atoms in total. The van der Waals surface area contributed by atoms with Gasteiger partial charge in [-0.3, -0.25) is 9.69 Å². The van der Waals surface area contributed by atoms with Crippen molar-refractivity contribution in [3.05, 3.63) is 64.7 Å². The van der Waals surface area contributed by atoms with Gasteiger partial charge in [0.2, 0.25) is 0 Å². The van der Waals surface area contributed by atoms with Gasteiger partial charge in [0, 0.05) is 30.1 Å². The van der Waals surface area contributed by atoms with Gasteiger partial charge in [-0.2, -0.15) is 5.10 Å². The molecule has 0 unspecified atom stereocenters. The van der Waals surface area contributed by atoms with Crippen molar-refractivity contribution in [2.75, 3.05) is 39.5 Å². The third kappa shape index (κ3) is 4.67. The zero-order valence-electron chi connectivity index (χ0n) is 17.1. The number of nitrogens with zero attached hydrogens (tertiary/aromatic N) is 3. The zero-order valence-corrected chi connectivity index (χ0v) is 17.8. The van der Waals surface area contributed by atoms with Crippen molar-refractivity contribution in [2.24, 2.45) is 5.10 Å². The van der Waals surface area contributed by atoms with Crippen molar-refractivity contribution in [3.63, 3.8) is 0 Å². The van der Waals surface area contributed by atoms with Crippen LogP contribution < -0.4 is 4.74 Å². The maximum Gasteiger partial charge on any atom is 0.257 e. The second-order valence-electron chi connectivity index (χ2n) is 7.38. The first-order valence-corrected chi connectivity index (χ1v) is 10.7. The number of hydrogen-bond donors (Lipinski definition) is 0. The van der Waals surface area contributed by atoms with E-state index in [-0.39, 0.29) is 11.9 Å². The van der Waals surface area contributed by atoms with Crippen LogP contribution in [-0.4, -0.2) is 61.0 Å². The third-order valence-corrected chi connectivity index (χ3v) is 5.72. The molecule has 0 N–H and O–H groups in total. The Hall–Kier alpha value is -2.41. The number of morpholine rings is 1. The van der Waals surface area contributed by atoms with Gasteiger partial charge in [0.15, 0.2) is 0 Å². The van der Waals surface area contributed by atoms with E-state index in [4.69, 9.17) is 26.2 Å². The lowest BCUT2D eigenvalue weighted by Crippen LogP contribution is -2.43. The largest absolute Gasteiger partial charge is 0.494 e. The Kier molecular flexibility index (Phi) is 6.67. The maximum atomic E-state index is 13.2. The molecule has 7 heteroatoms. The number of hydrogen-bond acceptors (Lipinski definition) is 5. The minimum absolute atomic E-state index is 0.0159. The molecule has 1 fully saturated rings. The first-order valence-electron chi connectivity index (χ1n) is 10.3. The Morgan fingerprint density at radius 1 is 1.17 bits per heavy atom. The molecule has 2 aromatic rings. The average Bonchev–Trinajstić information content (AvgIpc) is 3.21. The van der Waals surface area contributed by atoms with Gasteiger partial charge >= 0.3 is 0 Å². The quantitative estimate of drug-likeness (QED) is 0.704. The molecular formula is C23H26ClN3O3. The van der Waals surface area contributed by atoms with Crippen molar-refractivity contribution in [1.82, 2.24) is 9.91 Å². The van der Waals surface area contributed by atoms with Crippen LogP contribution in [0.3, 0.4) is 0 Å². The second-order valence-corrected chi connectivity index (χ2v) is 7.78. The van der Waals surface area contributed by atoms with Gasteiger partial charge in [-0.1, -0.05) is 41.9 Å². The van der Waals surface area contributed by atoms with E-state index in [0.29, 0.717) is 37.8 Å². The number of halogens is 1. The summed E-state index contributed by atoms with van der Waals surface area (Å²) in [6.45, 7) is 5.74. The summed E-state index contributed by atoms with van der Waals surface area (Å²) in [6.07, 6.45) is 0.618. The average molecular weight is 428 g/mol. The molecule has 4 rings (SSSR count). The van der Waals surface area contributed by atoms with E-state index in [9.17, 15) is 4.79 Å². The molecule has 158 valence electrons. The van der Waals surface area contributed by atoms with Gasteiger partial charge in [0.25, 0.3) is 5.91 Å². The van der Waals surface area contributed by atoms with Gasteiger partial charge in [-0.05, 0) is 30.7 Å². The molecule has 2 aromatic carbocycles. The van der Waals surface area contributed by atoms with E-state index < -0.39 is 0 Å². The predicted molar refractivity (Wildman–Crippen MR) is 117 cm³/mol. The minimum Gasteiger partial charge on any atom is -0.494 e. The van der Waals surface area contributed by atoms with E-state index in [1.165, 1.54) is 0 Å². The number of carbonyl (C=O) groups excluding carboxylic acids is 1. The van der Waals surface area contributed by atoms with E-state index in [2.05, 4.69) is 4.90 Å². The number of carbonyl (C=O) groups is 1. The first kappa shape index (κ1) is 20.8. The smallest absolute Gasteiger partial charge is 0.257 e. The van der Waals surface area contributed by atoms with E-state index >= 15 is 0 Å². The molecule has 0 radical (unpaired) electrons. The van der Waals surface area contributed by atoms with E-state index in [1.807, 2.05) is 55.5 Å². The molecule has 30 heavy (non-hydrogen) atoms. The molecule has 1 atom stereocenters. The van der Waals surface area contributed by atoms with Crippen LogP contribution in [0.2, 0.25) is 5.02 Å². The van der Waals surface area contributed by atoms with Gasteiger partial charge in [0.05, 0.1) is 38.1 Å². The summed E-state index contributed by atoms with van der Waals surface area (Å²) in [5.41, 5.74) is 2.73. The SMILES string of the molecule is CCOc1ccc([C@@H]2CC(c3ccccc3Cl)=NN2C(=O)CN2CCOCC2)cc1. The molecule has 0 aliphatic carbocycles. The van der Waals surface area contributed by atoms with Crippen LogP contribution in [0.1, 0.15) is 30.5 Å². The molecule has 0 saturated carbocycles. The van der Waals surface area contributed by atoms with Crippen LogP contribution in [-0.2, 0) is 9.53 Å². The lowest BCUT2D eigenvalue weighted by molar-refractivity contribution is -0.135. The van der Waals surface area contributed by atoms with Crippen LogP contribution in [0.4, 0.5) is 0 Å². The molecule has 1 saturated heterocycles. The summed E-state index contributed by atoms with van der Waals surface area (Å²) in [5, 5.41) is 7.00. The van der Waals surface area contributed by atoms with Gasteiger partial charge in [0.1, 0.15) is 5.75 Å². The zero-order chi connectivity index (χ0) is 20.9. The van der Waals surface area contributed by atoms with Gasteiger partial charge < -0.3 is 9.47 Å². The Morgan fingerprint density at radius 2 is 1.90 bits per heavy atom. The number of rotatable bonds is 6. The van der Waals surface area contributed by atoms with Gasteiger partial charge in [-0.25, -0.2) is 5.01 Å². The lowest BCUT2D eigenvalue weighted by Gasteiger charge is -2.29. The molecular weight excluding hydrogens is 402 g/mol. The molecule has 0 spiro atoms. The summed E-state index contributed by atoms with van der Waals surface area (Å²) in [6, 6.07) is 15.4. The predicted octanol–water partition coefficient (Wildman–Crippen LogP) is 3.75. The standard InChI is InChI=1S/C23H26ClN3O3/c1-2-30-18-9-7-17(8-10-18)22-15-21(19-5-3-4-6-20(19)24)25-27(22)23(28)16-26-11-13-29-14-12-26/h3-10,22H,2,11-16H2,1H3/t22-/m0/s1. The highest BCUT2D eigenvalue weighted by Gasteiger charge is 2.34. The van der Waals surface area contributed by atoms with Crippen LogP contribution >= 0.6 is 11.6 Å². The fourth-order valence-electron chi connectivity index (χ4n) is 3.83. The number of benzene rings is 2. The number of hydrazone groups is 1. The number of ether oxygens (including phenoxy) is 2. The Balaban J connectivity index is 1.60. The highest BCUT2D eigenvalue weighted by Crippen LogP contribution is 2.35. The molecule has 0 bridgehead atoms. The van der Waals surface area contributed by atoms with E-state index in [0.717, 1.165) is 35.7 Å². The van der Waals surface area contributed by atoms with Crippen LogP contribution in [0, 0.1) is 0 Å². The maximum absolute atomic E-state index is 13.2. The third-order valence-electron chi connectivity index (χ3n) is 5.39. The summed E-state index contributed by atoms with van der Waals surface area (Å²) >= 11 is 6.41. The molecule has 2 aliphatic heterocycles. The molecule has 0 aromatic heterocycles. The van der Waals surface area contributed by atoms with Crippen molar-refractivity contribution < 1.29 is 14.3 Å². The van der Waals surface area contributed by atoms with Crippen molar-refractivity contribution in [2.45, 2.75) is 19.4 Å². The minimum atomic E-state index is -0.166. The van der Waals surface area contributed by atoms with Crippen molar-refractivity contribution in [1.29, 1.82) is 0 Å². The summed E-state index contributed by atoms with van der Waals surface area (Å²) in [7, 11) is 0. The summed E-state index contributed by atoms with van der Waals surface area (Å²) < 4.78 is 11.0. The Morgan fingerprint density at radius 3 is 2.60 bits per heavy atom. The fourth-order valence-corrected chi connectivity index (χ4v) is 4.08. The van der Waals surface area contributed by atoms with E-state index in [1.54, 1.807) is 5.01 Å². The topological polar surface area (TPSA) is 54.4 Å². The summed E-state index contributed by atoms with van der Waals surface area (Å²) in [5.74, 6) is 0.801. The Bertz CT molecular complexity index is 910. The highest BCUT2D eigenvalue weighted by atomic mass is 35.5. The van der Waals surface area contributed by atoms with Crippen LogP contribution in [0.5, 0.6) is 5.75 Å². The van der Waals surface area contributed by atoms with Crippen molar-refractivity contribution >= 4 is 23.2 Å². The van der Waals surface area contributed by atoms with Crippen LogP contribution in [0.15, 0.2) is 53.6 Å². The van der Waals surface area contributed by atoms with Crippen molar-refractivity contribution in [3.8, 4) is 5.75 Å². The second kappa shape index (κ2) is 9.60.